The fourth-order valence-electron chi connectivity index (χ4n) is 13.1. The van der Waals surface area contributed by atoms with Gasteiger partial charge in [0.1, 0.15) is 0 Å². The predicted octanol–water partition coefficient (Wildman–Crippen LogP) is 17.9. The molecule has 0 fully saturated rings. The smallest absolute Gasteiger partial charge is 0.0714 e. The number of hydrogen-bond acceptors (Lipinski definition) is 1. The Kier molecular flexibility index (Phi) is 8.52. The molecule has 0 bridgehead atoms. The summed E-state index contributed by atoms with van der Waals surface area (Å²) < 4.78 is 41.2. The van der Waals surface area contributed by atoms with Crippen molar-refractivity contribution in [3.63, 3.8) is 0 Å². The minimum Gasteiger partial charge on any atom is -0.310 e. The summed E-state index contributed by atoms with van der Waals surface area (Å²) in [5.41, 5.74) is 18.6. The zero-order valence-corrected chi connectivity index (χ0v) is 40.1. The number of nitrogens with zero attached hydrogens (tertiary/aromatic N) is 1. The zero-order valence-electron chi connectivity index (χ0n) is 44.1. The summed E-state index contributed by atoms with van der Waals surface area (Å²) in [5, 5.41) is 0. The van der Waals surface area contributed by atoms with Crippen LogP contribution in [0.3, 0.4) is 0 Å². The van der Waals surface area contributed by atoms with Crippen LogP contribution in [0.5, 0.6) is 0 Å². The van der Waals surface area contributed by atoms with Crippen molar-refractivity contribution < 1.29 is 5.48 Å². The maximum Gasteiger partial charge on any atom is 0.0714 e. The van der Waals surface area contributed by atoms with E-state index in [4.69, 9.17) is 0 Å². The monoisotopic (exact) mass is 921 g/mol. The van der Waals surface area contributed by atoms with Crippen molar-refractivity contribution in [2.75, 3.05) is 4.90 Å². The molecular weight excluding hydrogens is 867 g/mol. The van der Waals surface area contributed by atoms with Gasteiger partial charge in [-0.25, -0.2) is 0 Å². The van der Waals surface area contributed by atoms with Crippen LogP contribution in [0.2, 0.25) is 0 Å². The first-order valence-corrected chi connectivity index (χ1v) is 25.0. The maximum atomic E-state index is 10.4. The normalized spacial score (nSPS) is 15.4. The molecule has 340 valence electrons. The number of hydrogen-bond donors (Lipinski definition) is 0. The molecule has 11 aromatic rings. The van der Waals surface area contributed by atoms with Gasteiger partial charge in [0.05, 0.1) is 16.3 Å². The molecule has 0 unspecified atom stereocenters. The molecule has 0 spiro atoms. The molecule has 0 saturated heterocycles. The number of rotatable bonds is 8. The lowest BCUT2D eigenvalue weighted by Gasteiger charge is -2.35. The Morgan fingerprint density at radius 1 is 0.292 bits per heavy atom. The predicted molar refractivity (Wildman–Crippen MR) is 299 cm³/mol. The highest BCUT2D eigenvalue weighted by molar-refractivity contribution is 5.96. The van der Waals surface area contributed by atoms with E-state index < -0.39 is 10.8 Å². The largest absolute Gasteiger partial charge is 0.310 e. The molecule has 14 rings (SSSR count). The van der Waals surface area contributed by atoms with Gasteiger partial charge < -0.3 is 4.90 Å². The van der Waals surface area contributed by atoms with Crippen LogP contribution in [-0.2, 0) is 16.2 Å². The van der Waals surface area contributed by atoms with E-state index in [0.717, 1.165) is 83.7 Å². The third kappa shape index (κ3) is 5.89. The molecule has 0 saturated carbocycles. The van der Waals surface area contributed by atoms with E-state index in [1.165, 1.54) is 16.7 Å². The van der Waals surface area contributed by atoms with Gasteiger partial charge in [0.15, 0.2) is 0 Å². The standard InChI is InChI=1S/C71H51N/c1-69(2)62-34-18-15-30-57(62)59-44-42-54(46-66(59)69)72(55-43-45-60-58-31-16-19-35-63(58)71(67(60)47-55,51-26-11-5-12-27-51)52-28-13-6-14-29-52)53-40-38-48(39-41-53)56-33-21-37-65-68(56)61-32-17-20-36-64(61)70(65,49-22-7-3-8-23-49)50-24-9-4-10-25-50/h3-47H,1-2H3/i38D,39D,40D,41D. The Morgan fingerprint density at radius 3 is 1.21 bits per heavy atom. The van der Waals surface area contributed by atoms with E-state index in [0.29, 0.717) is 5.56 Å². The van der Waals surface area contributed by atoms with Gasteiger partial charge in [0.25, 0.3) is 0 Å². The quantitative estimate of drug-likeness (QED) is 0.147. The summed E-state index contributed by atoms with van der Waals surface area (Å²) in [7, 11) is 0. The van der Waals surface area contributed by atoms with Gasteiger partial charge >= 0.3 is 0 Å². The van der Waals surface area contributed by atoms with E-state index >= 15 is 0 Å². The maximum absolute atomic E-state index is 10.4. The summed E-state index contributed by atoms with van der Waals surface area (Å²) in [5.74, 6) is 0. The molecule has 0 amide bonds. The van der Waals surface area contributed by atoms with E-state index in [-0.39, 0.29) is 40.8 Å². The molecule has 0 heterocycles. The summed E-state index contributed by atoms with van der Waals surface area (Å²) in [6.07, 6.45) is 0. The van der Waals surface area contributed by atoms with Crippen molar-refractivity contribution in [1.29, 1.82) is 0 Å². The van der Waals surface area contributed by atoms with Crippen LogP contribution in [0.1, 0.15) is 75.0 Å². The average molecular weight is 922 g/mol. The fraction of sp³-hybridized carbons (Fsp3) is 0.0704. The molecule has 0 N–H and O–H groups in total. The first kappa shape index (κ1) is 38.0. The Morgan fingerprint density at radius 2 is 0.667 bits per heavy atom. The SMILES string of the molecule is [2H]c1c([2H])c(N(c2ccc3c(c2)C(C)(C)c2ccccc2-3)c2ccc3c(c2)C(c2ccccc2)(c2ccccc2)c2ccccc2-3)c([2H])c([2H])c1-c1cccc2c1-c1ccccc1C2(c1ccccc1)c1ccccc1. The van der Waals surface area contributed by atoms with Crippen LogP contribution in [0.25, 0.3) is 44.5 Å². The minimum atomic E-state index is -0.713. The van der Waals surface area contributed by atoms with Gasteiger partial charge in [-0.3, -0.25) is 0 Å². The summed E-state index contributed by atoms with van der Waals surface area (Å²) >= 11 is 0. The molecule has 1 heteroatoms. The highest BCUT2D eigenvalue weighted by Crippen LogP contribution is 2.60. The van der Waals surface area contributed by atoms with Crippen LogP contribution >= 0.6 is 0 Å². The minimum absolute atomic E-state index is 0.103. The molecule has 72 heavy (non-hydrogen) atoms. The van der Waals surface area contributed by atoms with Crippen LogP contribution in [0.15, 0.2) is 273 Å². The van der Waals surface area contributed by atoms with E-state index in [2.05, 4.69) is 238 Å². The Labute approximate surface area is 428 Å². The van der Waals surface area contributed by atoms with Crippen molar-refractivity contribution in [2.45, 2.75) is 30.1 Å². The fourth-order valence-corrected chi connectivity index (χ4v) is 13.1. The van der Waals surface area contributed by atoms with Crippen LogP contribution in [0.4, 0.5) is 17.1 Å². The van der Waals surface area contributed by atoms with Crippen LogP contribution in [-0.4, -0.2) is 0 Å². The van der Waals surface area contributed by atoms with E-state index in [9.17, 15) is 5.48 Å². The number of anilines is 3. The molecule has 0 aromatic heterocycles. The first-order valence-electron chi connectivity index (χ1n) is 27.0. The Balaban J connectivity index is 1.03. The van der Waals surface area contributed by atoms with Crippen molar-refractivity contribution in [3.8, 4) is 44.5 Å². The van der Waals surface area contributed by atoms with Gasteiger partial charge in [-0.15, -0.1) is 0 Å². The second-order valence-corrected chi connectivity index (χ2v) is 20.0. The molecule has 0 radical (unpaired) electrons. The Hall–Kier alpha value is -8.78. The lowest BCUT2D eigenvalue weighted by molar-refractivity contribution is 0.660. The van der Waals surface area contributed by atoms with Crippen molar-refractivity contribution in [1.82, 2.24) is 0 Å². The molecule has 11 aromatic carbocycles. The molecule has 1 nitrogen and oxygen atoms in total. The lowest BCUT2D eigenvalue weighted by atomic mass is 9.67. The molecular formula is C71H51N. The highest BCUT2D eigenvalue weighted by atomic mass is 15.1. The molecule has 3 aliphatic carbocycles. The highest BCUT2D eigenvalue weighted by Gasteiger charge is 2.48. The van der Waals surface area contributed by atoms with Crippen molar-refractivity contribution in [3.05, 3.63) is 329 Å². The Bertz CT molecular complexity index is 4020. The van der Waals surface area contributed by atoms with Gasteiger partial charge in [0.2, 0.25) is 0 Å². The van der Waals surface area contributed by atoms with Gasteiger partial charge in [-0.1, -0.05) is 250 Å². The molecule has 0 aliphatic heterocycles. The van der Waals surface area contributed by atoms with E-state index in [1.807, 2.05) is 29.2 Å². The summed E-state index contributed by atoms with van der Waals surface area (Å²) in [4.78, 5) is 1.99. The van der Waals surface area contributed by atoms with E-state index in [1.54, 1.807) is 0 Å². The summed E-state index contributed by atoms with van der Waals surface area (Å²) in [6, 6.07) is 87.1. The average Bonchev–Trinajstić information content (AvgIpc) is 4.04. The van der Waals surface area contributed by atoms with Gasteiger partial charge in [0, 0.05) is 22.5 Å². The number of benzene rings is 11. The lowest BCUT2D eigenvalue weighted by Crippen LogP contribution is -2.28. The molecule has 0 atom stereocenters. The van der Waals surface area contributed by atoms with Crippen LogP contribution < -0.4 is 4.90 Å². The first-order chi connectivity index (χ1) is 37.2. The van der Waals surface area contributed by atoms with Gasteiger partial charge in [-0.2, -0.15) is 0 Å². The van der Waals surface area contributed by atoms with Crippen LogP contribution in [0, 0.1) is 0 Å². The van der Waals surface area contributed by atoms with Crippen molar-refractivity contribution in [2.24, 2.45) is 0 Å². The topological polar surface area (TPSA) is 3.24 Å². The third-order valence-corrected chi connectivity index (χ3v) is 16.1. The van der Waals surface area contributed by atoms with Crippen molar-refractivity contribution >= 4 is 17.1 Å². The van der Waals surface area contributed by atoms with Gasteiger partial charge in [-0.05, 0) is 136 Å². The number of fused-ring (bicyclic) bond motifs is 9. The second kappa shape index (κ2) is 16.1. The third-order valence-electron chi connectivity index (χ3n) is 16.1. The molecule has 3 aliphatic rings. The zero-order chi connectivity index (χ0) is 51.5. The second-order valence-electron chi connectivity index (χ2n) is 20.0. The summed E-state index contributed by atoms with van der Waals surface area (Å²) in [6.45, 7) is 4.52.